The fourth-order valence-electron chi connectivity index (χ4n) is 7.39. The van der Waals surface area contributed by atoms with Crippen LogP contribution < -0.4 is 4.74 Å². The average Bonchev–Trinajstić information content (AvgIpc) is 2.85. The van der Waals surface area contributed by atoms with Gasteiger partial charge in [0.1, 0.15) is 6.61 Å². The van der Waals surface area contributed by atoms with E-state index < -0.39 is 11.6 Å². The molecule has 4 atom stereocenters. The zero-order chi connectivity index (χ0) is 23.2. The van der Waals surface area contributed by atoms with Gasteiger partial charge in [-0.05, 0) is 98.5 Å². The van der Waals surface area contributed by atoms with Gasteiger partial charge in [0, 0.05) is 0 Å². The van der Waals surface area contributed by atoms with Gasteiger partial charge in [-0.1, -0.05) is 64.2 Å². The van der Waals surface area contributed by atoms with E-state index in [-0.39, 0.29) is 18.3 Å². The molecule has 3 aliphatic carbocycles. The summed E-state index contributed by atoms with van der Waals surface area (Å²) in [6.07, 6.45) is 20.2. The second kappa shape index (κ2) is 11.8. The van der Waals surface area contributed by atoms with Crippen molar-refractivity contribution < 1.29 is 13.5 Å². The van der Waals surface area contributed by atoms with E-state index in [4.69, 9.17) is 4.74 Å². The van der Waals surface area contributed by atoms with Crippen molar-refractivity contribution in [2.24, 2.45) is 29.6 Å². The monoisotopic (exact) mass is 458 g/mol. The summed E-state index contributed by atoms with van der Waals surface area (Å²) in [4.78, 5) is 0. The molecule has 0 spiro atoms. The van der Waals surface area contributed by atoms with Gasteiger partial charge in [-0.3, -0.25) is 0 Å². The van der Waals surface area contributed by atoms with Crippen molar-refractivity contribution in [1.82, 2.24) is 0 Å². The maximum atomic E-state index is 14.9. The van der Waals surface area contributed by atoms with Crippen molar-refractivity contribution in [3.05, 3.63) is 42.0 Å². The maximum absolute atomic E-state index is 14.9. The summed E-state index contributed by atoms with van der Waals surface area (Å²) in [6.45, 7) is 6.05. The fraction of sp³-hybridized carbons (Fsp3) is 0.733. The van der Waals surface area contributed by atoms with Crippen LogP contribution in [0.1, 0.15) is 108 Å². The minimum Gasteiger partial charge on any atom is -0.486 e. The summed E-state index contributed by atoms with van der Waals surface area (Å²) in [6, 6.07) is 3.35. The minimum atomic E-state index is -0.842. The summed E-state index contributed by atoms with van der Waals surface area (Å²) >= 11 is 0. The number of fused-ring (bicyclic) bond motifs is 1. The number of rotatable bonds is 9. The molecule has 0 radical (unpaired) electrons. The maximum Gasteiger partial charge on any atom is 0.200 e. The Kier molecular flexibility index (Phi) is 8.88. The number of hydrogen-bond donors (Lipinski definition) is 0. The molecule has 0 heterocycles. The van der Waals surface area contributed by atoms with Gasteiger partial charge in [-0.15, -0.1) is 0 Å². The summed E-state index contributed by atoms with van der Waals surface area (Å²) in [5, 5.41) is 0. The van der Waals surface area contributed by atoms with Crippen LogP contribution in [-0.2, 0) is 0 Å². The minimum absolute atomic E-state index is 0.00886. The van der Waals surface area contributed by atoms with Gasteiger partial charge >= 0.3 is 0 Å². The Balaban J connectivity index is 1.28. The van der Waals surface area contributed by atoms with E-state index in [2.05, 4.69) is 13.5 Å². The zero-order valence-electron chi connectivity index (χ0n) is 20.7. The van der Waals surface area contributed by atoms with E-state index in [1.807, 2.05) is 0 Å². The molecule has 0 bridgehead atoms. The molecule has 1 aromatic carbocycles. The Morgan fingerprint density at radius 1 is 0.848 bits per heavy atom. The van der Waals surface area contributed by atoms with Gasteiger partial charge < -0.3 is 4.74 Å². The first kappa shape index (κ1) is 24.7. The molecule has 0 amide bonds. The molecule has 3 saturated carbocycles. The second-order valence-electron chi connectivity index (χ2n) is 11.3. The van der Waals surface area contributed by atoms with Crippen LogP contribution in [0.4, 0.5) is 8.78 Å². The molecule has 1 nitrogen and oxygen atoms in total. The quantitative estimate of drug-likeness (QED) is 0.265. The molecule has 3 heteroatoms. The van der Waals surface area contributed by atoms with Crippen LogP contribution in [-0.4, -0.2) is 6.61 Å². The summed E-state index contributed by atoms with van der Waals surface area (Å²) in [5.41, 5.74) is 0.556. The van der Waals surface area contributed by atoms with Gasteiger partial charge in [0.2, 0.25) is 5.82 Å². The Hall–Kier alpha value is -1.38. The van der Waals surface area contributed by atoms with Crippen LogP contribution in [0.2, 0.25) is 0 Å². The van der Waals surface area contributed by atoms with Gasteiger partial charge in [-0.2, -0.15) is 4.39 Å². The Morgan fingerprint density at radius 2 is 1.52 bits per heavy atom. The average molecular weight is 459 g/mol. The third-order valence-corrected chi connectivity index (χ3v) is 9.30. The molecule has 0 saturated heterocycles. The van der Waals surface area contributed by atoms with Crippen molar-refractivity contribution in [2.45, 2.75) is 103 Å². The first-order valence-corrected chi connectivity index (χ1v) is 13.8. The summed E-state index contributed by atoms with van der Waals surface area (Å²) < 4.78 is 34.6. The van der Waals surface area contributed by atoms with Crippen LogP contribution in [0, 0.1) is 41.2 Å². The zero-order valence-corrected chi connectivity index (χ0v) is 20.7. The van der Waals surface area contributed by atoms with Crippen LogP contribution in [0.3, 0.4) is 0 Å². The second-order valence-corrected chi connectivity index (χ2v) is 11.3. The molecule has 0 aromatic heterocycles. The molecule has 184 valence electrons. The number of benzene rings is 1. The van der Waals surface area contributed by atoms with E-state index in [0.29, 0.717) is 11.5 Å². The van der Waals surface area contributed by atoms with E-state index in [9.17, 15) is 8.78 Å². The predicted molar refractivity (Wildman–Crippen MR) is 133 cm³/mol. The highest BCUT2D eigenvalue weighted by atomic mass is 19.2. The molecule has 0 aliphatic heterocycles. The lowest BCUT2D eigenvalue weighted by Gasteiger charge is -2.45. The Bertz CT molecular complexity index is 767. The number of hydrogen-bond acceptors (Lipinski definition) is 1. The molecular formula is C30H44F2O. The van der Waals surface area contributed by atoms with Crippen LogP contribution in [0.15, 0.2) is 24.8 Å². The SMILES string of the molecule is C=CCOc1ccc(C2CCC3CC(C4CCC(CCCCC)CC4)CCC3C2)c(F)c1F. The molecular weight excluding hydrogens is 414 g/mol. The van der Waals surface area contributed by atoms with Gasteiger partial charge in [0.25, 0.3) is 0 Å². The smallest absolute Gasteiger partial charge is 0.200 e. The molecule has 1 aromatic rings. The fourth-order valence-corrected chi connectivity index (χ4v) is 7.39. The lowest BCUT2D eigenvalue weighted by molar-refractivity contribution is 0.0705. The normalized spacial score (nSPS) is 32.2. The van der Waals surface area contributed by atoms with Gasteiger partial charge in [0.05, 0.1) is 0 Å². The Morgan fingerprint density at radius 3 is 2.24 bits per heavy atom. The number of unbranched alkanes of at least 4 members (excludes halogenated alkanes) is 2. The highest BCUT2D eigenvalue weighted by Crippen LogP contribution is 2.51. The number of halogens is 2. The van der Waals surface area contributed by atoms with E-state index in [0.717, 1.165) is 36.5 Å². The van der Waals surface area contributed by atoms with E-state index in [1.54, 1.807) is 18.2 Å². The van der Waals surface area contributed by atoms with Gasteiger partial charge in [0.15, 0.2) is 11.6 Å². The molecule has 3 aliphatic rings. The van der Waals surface area contributed by atoms with E-state index in [1.165, 1.54) is 77.0 Å². The standard InChI is InChI=1S/C30H44F2O/c1-3-5-6-7-21-8-10-22(11-9-21)23-12-13-25-20-26(15-14-24(25)19-23)27-16-17-28(33-18-4-2)30(32)29(27)31/h4,16-17,21-26H,2-3,5-15,18-20H2,1H3. The van der Waals surface area contributed by atoms with Crippen molar-refractivity contribution in [2.75, 3.05) is 6.61 Å². The summed E-state index contributed by atoms with van der Waals surface area (Å²) in [5.74, 6) is 2.92. The molecule has 4 rings (SSSR count). The highest BCUT2D eigenvalue weighted by molar-refractivity contribution is 5.33. The first-order chi connectivity index (χ1) is 16.1. The van der Waals surface area contributed by atoms with E-state index >= 15 is 0 Å². The van der Waals surface area contributed by atoms with Crippen molar-refractivity contribution >= 4 is 0 Å². The van der Waals surface area contributed by atoms with Crippen molar-refractivity contribution in [3.8, 4) is 5.75 Å². The molecule has 4 unspecified atom stereocenters. The van der Waals surface area contributed by atoms with Crippen LogP contribution >= 0.6 is 0 Å². The predicted octanol–water partition coefficient (Wildman–Crippen LogP) is 9.22. The van der Waals surface area contributed by atoms with Crippen molar-refractivity contribution in [1.29, 1.82) is 0 Å². The van der Waals surface area contributed by atoms with Crippen LogP contribution in [0.5, 0.6) is 5.75 Å². The van der Waals surface area contributed by atoms with Crippen LogP contribution in [0.25, 0.3) is 0 Å². The molecule has 3 fully saturated rings. The molecule has 33 heavy (non-hydrogen) atoms. The third kappa shape index (κ3) is 6.01. The van der Waals surface area contributed by atoms with Crippen molar-refractivity contribution in [3.63, 3.8) is 0 Å². The lowest BCUT2D eigenvalue weighted by atomic mass is 9.60. The number of ether oxygens (including phenoxy) is 1. The molecule has 0 N–H and O–H groups in total. The highest BCUT2D eigenvalue weighted by Gasteiger charge is 2.39. The first-order valence-electron chi connectivity index (χ1n) is 13.8. The largest absolute Gasteiger partial charge is 0.486 e. The Labute approximate surface area is 200 Å². The summed E-state index contributed by atoms with van der Waals surface area (Å²) in [7, 11) is 0. The van der Waals surface area contributed by atoms with Gasteiger partial charge in [-0.25, -0.2) is 4.39 Å². The third-order valence-electron chi connectivity index (χ3n) is 9.30. The topological polar surface area (TPSA) is 9.23 Å². The lowest BCUT2D eigenvalue weighted by Crippen LogP contribution is -2.34.